The zero-order valence-electron chi connectivity index (χ0n) is 18.9. The van der Waals surface area contributed by atoms with Gasteiger partial charge in [0.25, 0.3) is 11.8 Å². The summed E-state index contributed by atoms with van der Waals surface area (Å²) in [5, 5.41) is 8.32. The number of anilines is 2. The summed E-state index contributed by atoms with van der Waals surface area (Å²) in [6.07, 6.45) is 2.07. The SMILES string of the molecule is O=C(CN1C(=O)N[C@]2(CCCc3ccccc32)C1=O)Nc1ccccc1C(=O)Nc1ccccc1. The Bertz CT molecular complexity index is 1320. The molecule has 5 rings (SSSR count). The average molecular weight is 469 g/mol. The first kappa shape index (κ1) is 22.3. The van der Waals surface area contributed by atoms with Gasteiger partial charge in [0.1, 0.15) is 12.1 Å². The van der Waals surface area contributed by atoms with Crippen LogP contribution in [0.1, 0.15) is 34.3 Å². The standard InChI is InChI=1S/C27H24N4O4/c32-23(29-22-15-7-5-13-20(22)24(33)28-19-11-2-1-3-12-19)17-31-25(34)27(30-26(31)35)16-8-10-18-9-4-6-14-21(18)27/h1-7,9,11-15H,8,10,16-17H2,(H,28,33)(H,29,32)(H,30,35)/t27-/m0/s1. The van der Waals surface area contributed by atoms with Crippen LogP contribution in [0.25, 0.3) is 0 Å². The summed E-state index contributed by atoms with van der Waals surface area (Å²) in [4.78, 5) is 52.8. The number of aryl methyl sites for hydroxylation is 1. The summed E-state index contributed by atoms with van der Waals surface area (Å²) in [5.74, 6) is -1.39. The van der Waals surface area contributed by atoms with Gasteiger partial charge >= 0.3 is 6.03 Å². The van der Waals surface area contributed by atoms with Gasteiger partial charge in [0.2, 0.25) is 5.91 Å². The number of nitrogens with one attached hydrogen (secondary N) is 3. The third kappa shape index (κ3) is 4.14. The van der Waals surface area contributed by atoms with Crippen LogP contribution in [-0.4, -0.2) is 35.2 Å². The Morgan fingerprint density at radius 2 is 1.60 bits per heavy atom. The lowest BCUT2D eigenvalue weighted by Gasteiger charge is -2.33. The van der Waals surface area contributed by atoms with Crippen LogP contribution in [0.15, 0.2) is 78.9 Å². The number of para-hydroxylation sites is 2. The van der Waals surface area contributed by atoms with E-state index in [0.717, 1.165) is 28.9 Å². The molecule has 0 aromatic heterocycles. The molecule has 1 aliphatic carbocycles. The van der Waals surface area contributed by atoms with Crippen molar-refractivity contribution in [2.45, 2.75) is 24.8 Å². The molecule has 35 heavy (non-hydrogen) atoms. The van der Waals surface area contributed by atoms with Gasteiger partial charge in [-0.3, -0.25) is 19.3 Å². The van der Waals surface area contributed by atoms with E-state index < -0.39 is 29.9 Å². The first-order chi connectivity index (χ1) is 17.0. The van der Waals surface area contributed by atoms with E-state index in [1.54, 1.807) is 48.5 Å². The summed E-state index contributed by atoms with van der Waals surface area (Å²) < 4.78 is 0. The molecule has 2 aliphatic rings. The van der Waals surface area contributed by atoms with Crippen molar-refractivity contribution in [3.63, 3.8) is 0 Å². The Hall–Kier alpha value is -4.46. The molecule has 0 unspecified atom stereocenters. The molecule has 1 spiro atoms. The number of nitrogens with zero attached hydrogens (tertiary/aromatic N) is 1. The second-order valence-electron chi connectivity index (χ2n) is 8.65. The molecule has 3 aromatic carbocycles. The van der Waals surface area contributed by atoms with Crippen molar-refractivity contribution in [2.75, 3.05) is 17.2 Å². The molecule has 8 heteroatoms. The quantitative estimate of drug-likeness (QED) is 0.497. The van der Waals surface area contributed by atoms with E-state index in [1.165, 1.54) is 0 Å². The van der Waals surface area contributed by atoms with Gasteiger partial charge in [-0.1, -0.05) is 54.6 Å². The minimum Gasteiger partial charge on any atom is -0.324 e. The molecule has 0 saturated carbocycles. The number of carbonyl (C=O) groups excluding carboxylic acids is 4. The smallest absolute Gasteiger partial charge is 0.324 e. The monoisotopic (exact) mass is 468 g/mol. The maximum Gasteiger partial charge on any atom is 0.325 e. The highest BCUT2D eigenvalue weighted by Crippen LogP contribution is 2.39. The number of benzene rings is 3. The maximum absolute atomic E-state index is 13.4. The number of imide groups is 1. The number of rotatable bonds is 5. The second kappa shape index (κ2) is 9.06. The van der Waals surface area contributed by atoms with Gasteiger partial charge in [0.15, 0.2) is 0 Å². The Kier molecular flexibility index (Phi) is 5.78. The summed E-state index contributed by atoms with van der Waals surface area (Å²) in [7, 11) is 0. The van der Waals surface area contributed by atoms with Crippen molar-refractivity contribution in [1.82, 2.24) is 10.2 Å². The van der Waals surface area contributed by atoms with Gasteiger partial charge in [-0.2, -0.15) is 0 Å². The van der Waals surface area contributed by atoms with E-state index in [1.807, 2.05) is 30.3 Å². The number of carbonyl (C=O) groups is 4. The van der Waals surface area contributed by atoms with Crippen LogP contribution in [-0.2, 0) is 21.5 Å². The van der Waals surface area contributed by atoms with Crippen LogP contribution in [0.2, 0.25) is 0 Å². The molecule has 1 heterocycles. The number of urea groups is 1. The number of hydrogen-bond donors (Lipinski definition) is 3. The maximum atomic E-state index is 13.4. The number of hydrogen-bond acceptors (Lipinski definition) is 4. The molecule has 3 N–H and O–H groups in total. The molecule has 1 saturated heterocycles. The fraction of sp³-hybridized carbons (Fsp3) is 0.185. The average Bonchev–Trinajstić information content (AvgIpc) is 3.10. The first-order valence-electron chi connectivity index (χ1n) is 11.5. The predicted octanol–water partition coefficient (Wildman–Crippen LogP) is 3.66. The molecule has 3 aromatic rings. The molecule has 8 nitrogen and oxygen atoms in total. The molecule has 1 aliphatic heterocycles. The Morgan fingerprint density at radius 1 is 0.886 bits per heavy atom. The zero-order chi connectivity index (χ0) is 24.4. The summed E-state index contributed by atoms with van der Waals surface area (Å²) in [6, 6.07) is 22.5. The molecule has 0 radical (unpaired) electrons. The molecular weight excluding hydrogens is 444 g/mol. The van der Waals surface area contributed by atoms with Gasteiger partial charge in [-0.25, -0.2) is 4.79 Å². The highest BCUT2D eigenvalue weighted by Gasteiger charge is 2.54. The molecule has 5 amide bonds. The highest BCUT2D eigenvalue weighted by molar-refractivity contribution is 6.13. The van der Waals surface area contributed by atoms with Crippen molar-refractivity contribution in [3.05, 3.63) is 95.6 Å². The van der Waals surface area contributed by atoms with E-state index in [9.17, 15) is 19.2 Å². The minimum absolute atomic E-state index is 0.264. The largest absolute Gasteiger partial charge is 0.325 e. The summed E-state index contributed by atoms with van der Waals surface area (Å²) >= 11 is 0. The summed E-state index contributed by atoms with van der Waals surface area (Å²) in [5.41, 5.74) is 1.85. The third-order valence-corrected chi connectivity index (χ3v) is 6.43. The lowest BCUT2D eigenvalue weighted by Crippen LogP contribution is -2.47. The van der Waals surface area contributed by atoms with E-state index in [-0.39, 0.29) is 17.2 Å². The third-order valence-electron chi connectivity index (χ3n) is 6.43. The zero-order valence-corrected chi connectivity index (χ0v) is 18.9. The van der Waals surface area contributed by atoms with Gasteiger partial charge in [0.05, 0.1) is 11.3 Å². The van der Waals surface area contributed by atoms with Crippen molar-refractivity contribution < 1.29 is 19.2 Å². The van der Waals surface area contributed by atoms with Crippen molar-refractivity contribution in [2.24, 2.45) is 0 Å². The Morgan fingerprint density at radius 3 is 2.43 bits per heavy atom. The summed E-state index contributed by atoms with van der Waals surface area (Å²) in [6.45, 7) is -0.455. The van der Waals surface area contributed by atoms with Crippen LogP contribution in [0.4, 0.5) is 16.2 Å². The second-order valence-corrected chi connectivity index (χ2v) is 8.65. The van der Waals surface area contributed by atoms with Crippen molar-refractivity contribution in [1.29, 1.82) is 0 Å². The fourth-order valence-electron chi connectivity index (χ4n) is 4.80. The minimum atomic E-state index is -1.14. The van der Waals surface area contributed by atoms with Gasteiger partial charge in [-0.05, 0) is 54.7 Å². The highest BCUT2D eigenvalue weighted by atomic mass is 16.2. The molecule has 1 fully saturated rings. The van der Waals surface area contributed by atoms with E-state index in [4.69, 9.17) is 0 Å². The molecule has 1 atom stereocenters. The lowest BCUT2D eigenvalue weighted by molar-refractivity contribution is -0.134. The van der Waals surface area contributed by atoms with Crippen LogP contribution < -0.4 is 16.0 Å². The van der Waals surface area contributed by atoms with Crippen LogP contribution in [0.5, 0.6) is 0 Å². The fourth-order valence-corrected chi connectivity index (χ4v) is 4.80. The van der Waals surface area contributed by atoms with Gasteiger partial charge in [0, 0.05) is 5.69 Å². The van der Waals surface area contributed by atoms with Gasteiger partial charge in [-0.15, -0.1) is 0 Å². The number of fused-ring (bicyclic) bond motifs is 2. The van der Waals surface area contributed by atoms with Gasteiger partial charge < -0.3 is 16.0 Å². The normalized spacial score (nSPS) is 18.7. The molecule has 176 valence electrons. The van der Waals surface area contributed by atoms with Crippen LogP contribution in [0, 0.1) is 0 Å². The van der Waals surface area contributed by atoms with E-state index in [0.29, 0.717) is 12.1 Å². The predicted molar refractivity (Wildman–Crippen MR) is 131 cm³/mol. The molecule has 0 bridgehead atoms. The van der Waals surface area contributed by atoms with Crippen molar-refractivity contribution >= 4 is 35.1 Å². The Balaban J connectivity index is 1.32. The van der Waals surface area contributed by atoms with Crippen LogP contribution in [0.3, 0.4) is 0 Å². The topological polar surface area (TPSA) is 108 Å². The molecular formula is C27H24N4O4. The van der Waals surface area contributed by atoms with Crippen molar-refractivity contribution in [3.8, 4) is 0 Å². The van der Waals surface area contributed by atoms with E-state index in [2.05, 4.69) is 16.0 Å². The lowest BCUT2D eigenvalue weighted by atomic mass is 9.76. The Labute approximate surface area is 202 Å². The first-order valence-corrected chi connectivity index (χ1v) is 11.5. The van der Waals surface area contributed by atoms with E-state index >= 15 is 0 Å². The number of amides is 5. The van der Waals surface area contributed by atoms with Crippen LogP contribution >= 0.6 is 0 Å².